The molecule has 0 amide bonds. The topological polar surface area (TPSA) is 44.7 Å². The third-order valence-corrected chi connectivity index (χ3v) is 4.12. The number of nitrogens with zero attached hydrogens (tertiary/aromatic N) is 5. The molecule has 6 heteroatoms. The molecule has 0 aliphatic carbocycles. The molecule has 2 rings (SSSR count). The van der Waals surface area contributed by atoms with Crippen molar-refractivity contribution in [1.82, 2.24) is 5.10 Å². The van der Waals surface area contributed by atoms with Crippen LogP contribution < -0.4 is 9.58 Å². The average Bonchev–Trinajstić information content (AvgIpc) is 2.78. The van der Waals surface area contributed by atoms with Crippen molar-refractivity contribution in [3.63, 3.8) is 0 Å². The second-order valence-corrected chi connectivity index (χ2v) is 6.10. The average molecular weight is 290 g/mol. The minimum absolute atomic E-state index is 0.412. The fraction of sp³-hybridized carbons (Fsp3) is 0.429. The molecule has 0 bridgehead atoms. The molecule has 0 N–H and O–H groups in total. The molecule has 2 aromatic rings. The maximum absolute atomic E-state index is 4.43. The monoisotopic (exact) mass is 290 g/mol. The first-order chi connectivity index (χ1) is 9.47. The van der Waals surface area contributed by atoms with E-state index in [0.717, 1.165) is 21.5 Å². The molecule has 1 aromatic heterocycles. The van der Waals surface area contributed by atoms with Crippen LogP contribution in [0.1, 0.15) is 24.8 Å². The molecular weight excluding hydrogens is 270 g/mol. The minimum atomic E-state index is 0.412. The fourth-order valence-corrected chi connectivity index (χ4v) is 2.45. The molecule has 0 radical (unpaired) electrons. The smallest absolute Gasteiger partial charge is 0.378 e. The van der Waals surface area contributed by atoms with Crippen molar-refractivity contribution in [2.24, 2.45) is 17.3 Å². The van der Waals surface area contributed by atoms with Gasteiger partial charge in [0.25, 0.3) is 0 Å². The summed E-state index contributed by atoms with van der Waals surface area (Å²) < 4.78 is 1.78. The highest BCUT2D eigenvalue weighted by Gasteiger charge is 2.17. The molecule has 106 valence electrons. The molecule has 0 spiro atoms. The van der Waals surface area contributed by atoms with E-state index in [1.165, 1.54) is 0 Å². The molecule has 1 heterocycles. The lowest BCUT2D eigenvalue weighted by molar-refractivity contribution is -0.714. The van der Waals surface area contributed by atoms with Gasteiger partial charge in [0.1, 0.15) is 17.7 Å². The molecule has 0 fully saturated rings. The summed E-state index contributed by atoms with van der Waals surface area (Å²) in [5.74, 6) is 0.412. The van der Waals surface area contributed by atoms with E-state index in [1.54, 1.807) is 16.0 Å². The third-order valence-electron chi connectivity index (χ3n) is 2.83. The number of aryl methyl sites for hydroxylation is 1. The second kappa shape index (κ2) is 6.09. The Morgan fingerprint density at radius 2 is 1.80 bits per heavy atom. The molecule has 0 saturated heterocycles. The van der Waals surface area contributed by atoms with Crippen LogP contribution in [0, 0.1) is 0 Å². The van der Waals surface area contributed by atoms with Crippen molar-refractivity contribution in [2.45, 2.75) is 19.8 Å². The van der Waals surface area contributed by atoms with Gasteiger partial charge < -0.3 is 4.90 Å². The van der Waals surface area contributed by atoms with E-state index in [2.05, 4.69) is 34.1 Å². The van der Waals surface area contributed by atoms with Crippen molar-refractivity contribution in [2.75, 3.05) is 19.0 Å². The Morgan fingerprint density at radius 1 is 1.15 bits per heavy atom. The lowest BCUT2D eigenvalue weighted by Gasteiger charge is -2.11. The van der Waals surface area contributed by atoms with Crippen LogP contribution in [0.3, 0.4) is 0 Å². The maximum atomic E-state index is 4.43. The first kappa shape index (κ1) is 14.6. The van der Waals surface area contributed by atoms with Gasteiger partial charge in [0.15, 0.2) is 0 Å². The number of benzene rings is 1. The number of hydrogen-bond acceptors (Lipinski definition) is 5. The van der Waals surface area contributed by atoms with Crippen LogP contribution in [0.4, 0.5) is 16.5 Å². The zero-order valence-corrected chi connectivity index (χ0v) is 13.3. The lowest BCUT2D eigenvalue weighted by atomic mass is 10.2. The van der Waals surface area contributed by atoms with Crippen LogP contribution in [-0.2, 0) is 7.05 Å². The highest BCUT2D eigenvalue weighted by Crippen LogP contribution is 2.25. The quantitative estimate of drug-likeness (QED) is 0.638. The van der Waals surface area contributed by atoms with Crippen LogP contribution in [0.2, 0.25) is 0 Å². The largest absolute Gasteiger partial charge is 0.430 e. The summed E-state index contributed by atoms with van der Waals surface area (Å²) in [4.78, 5) is 2.05. The summed E-state index contributed by atoms with van der Waals surface area (Å²) in [6.45, 7) is 4.25. The van der Waals surface area contributed by atoms with Crippen LogP contribution in [0.5, 0.6) is 0 Å². The van der Waals surface area contributed by atoms with Crippen LogP contribution in [0.25, 0.3) is 0 Å². The van der Waals surface area contributed by atoms with Gasteiger partial charge in [-0.3, -0.25) is 0 Å². The van der Waals surface area contributed by atoms with Gasteiger partial charge >= 0.3 is 5.13 Å². The van der Waals surface area contributed by atoms with Gasteiger partial charge in [0.2, 0.25) is 0 Å². The van der Waals surface area contributed by atoms with E-state index in [9.17, 15) is 0 Å². The molecule has 1 aromatic carbocycles. The van der Waals surface area contributed by atoms with Crippen LogP contribution in [0.15, 0.2) is 34.5 Å². The number of aromatic nitrogens is 2. The third kappa shape index (κ3) is 3.39. The van der Waals surface area contributed by atoms with Crippen LogP contribution in [-0.4, -0.2) is 19.2 Å². The molecule has 5 nitrogen and oxygen atoms in total. The summed E-state index contributed by atoms with van der Waals surface area (Å²) in [5, 5.41) is 14.9. The van der Waals surface area contributed by atoms with E-state index in [1.807, 2.05) is 45.4 Å². The van der Waals surface area contributed by atoms with E-state index < -0.39 is 0 Å². The zero-order chi connectivity index (χ0) is 14.7. The summed E-state index contributed by atoms with van der Waals surface area (Å²) in [6, 6.07) is 7.98. The van der Waals surface area contributed by atoms with E-state index in [-0.39, 0.29) is 0 Å². The normalized spacial score (nSPS) is 11.5. The first-order valence-electron chi connectivity index (χ1n) is 6.53. The maximum Gasteiger partial charge on any atom is 0.430 e. The van der Waals surface area contributed by atoms with Gasteiger partial charge in [-0.25, -0.2) is 0 Å². The van der Waals surface area contributed by atoms with Gasteiger partial charge in [0, 0.05) is 25.7 Å². The zero-order valence-electron chi connectivity index (χ0n) is 12.5. The summed E-state index contributed by atoms with van der Waals surface area (Å²) in [7, 11) is 5.93. The second-order valence-electron chi connectivity index (χ2n) is 5.11. The number of rotatable bonds is 4. The van der Waals surface area contributed by atoms with E-state index in [4.69, 9.17) is 0 Å². The fourth-order valence-electron chi connectivity index (χ4n) is 1.61. The lowest BCUT2D eigenvalue weighted by Crippen LogP contribution is -2.29. The van der Waals surface area contributed by atoms with Gasteiger partial charge in [0.05, 0.1) is 5.11 Å². The predicted molar refractivity (Wildman–Crippen MR) is 82.3 cm³/mol. The number of anilines is 1. The molecule has 0 aliphatic heterocycles. The standard InChI is InChI=1S/C14H20N5S/c1-10(2)13-17-19(5)14(20-13)16-15-11-6-8-12(9-7-11)18(3)4/h6-10H,1-5H3/q+1. The Balaban J connectivity index is 2.16. The Bertz CT molecular complexity index is 599. The summed E-state index contributed by atoms with van der Waals surface area (Å²) >= 11 is 1.58. The predicted octanol–water partition coefficient (Wildman–Crippen LogP) is 3.57. The van der Waals surface area contributed by atoms with Gasteiger partial charge in [-0.1, -0.05) is 18.9 Å². The van der Waals surface area contributed by atoms with Crippen molar-refractivity contribution in [3.05, 3.63) is 29.3 Å². The molecule has 20 heavy (non-hydrogen) atoms. The Morgan fingerprint density at radius 3 is 2.30 bits per heavy atom. The molecular formula is C14H20N5S+. The molecule has 0 saturated carbocycles. The molecule has 0 aliphatic rings. The number of azo groups is 1. The van der Waals surface area contributed by atoms with Crippen molar-refractivity contribution >= 4 is 27.8 Å². The Kier molecular flexibility index (Phi) is 4.44. The van der Waals surface area contributed by atoms with Crippen molar-refractivity contribution < 1.29 is 4.68 Å². The van der Waals surface area contributed by atoms with Crippen LogP contribution >= 0.6 is 11.3 Å². The van der Waals surface area contributed by atoms with E-state index >= 15 is 0 Å². The summed E-state index contributed by atoms with van der Waals surface area (Å²) in [5.41, 5.74) is 1.99. The van der Waals surface area contributed by atoms with Crippen molar-refractivity contribution in [3.8, 4) is 0 Å². The van der Waals surface area contributed by atoms with Gasteiger partial charge in [-0.2, -0.15) is 0 Å². The van der Waals surface area contributed by atoms with Gasteiger partial charge in [-0.05, 0) is 40.7 Å². The highest BCUT2D eigenvalue weighted by molar-refractivity contribution is 7.14. The Hall–Kier alpha value is -1.82. The molecule has 0 atom stereocenters. The first-order valence-corrected chi connectivity index (χ1v) is 7.35. The van der Waals surface area contributed by atoms with E-state index in [0.29, 0.717) is 5.92 Å². The van der Waals surface area contributed by atoms with Crippen molar-refractivity contribution in [1.29, 1.82) is 0 Å². The number of hydrogen-bond donors (Lipinski definition) is 0. The minimum Gasteiger partial charge on any atom is -0.378 e. The summed E-state index contributed by atoms with van der Waals surface area (Å²) in [6.07, 6.45) is 0. The highest BCUT2D eigenvalue weighted by atomic mass is 32.1. The SMILES string of the molecule is CC(C)c1n[n+](C)c(N=Nc2ccc(N(C)C)cc2)s1. The molecule has 0 unspecified atom stereocenters. The van der Waals surface area contributed by atoms with Gasteiger partial charge in [-0.15, -0.1) is 4.68 Å². The Labute approximate surface area is 123 Å².